The zero-order chi connectivity index (χ0) is 11.7. The summed E-state index contributed by atoms with van der Waals surface area (Å²) in [6.07, 6.45) is 7.68. The highest BCUT2D eigenvalue weighted by Crippen LogP contribution is 2.22. The number of unbranched alkanes of at least 4 members (excludes halogenated alkanes) is 2. The van der Waals surface area contributed by atoms with E-state index in [4.69, 9.17) is 4.43 Å². The Hall–Kier alpha value is 0.647. The summed E-state index contributed by atoms with van der Waals surface area (Å²) < 4.78 is 8.13. The van der Waals surface area contributed by atoms with Crippen molar-refractivity contribution in [3.8, 4) is 0 Å². The van der Waals surface area contributed by atoms with Gasteiger partial charge in [0.25, 0.3) is 0 Å². The van der Waals surface area contributed by atoms with Crippen LogP contribution in [0.4, 0.5) is 0 Å². The molecule has 0 heterocycles. The maximum absolute atomic E-state index is 6.04. The highest BCUT2D eigenvalue weighted by atomic mass is 127. The predicted molar refractivity (Wildman–Crippen MR) is 80.4 cm³/mol. The lowest BCUT2D eigenvalue weighted by Gasteiger charge is -2.21. The summed E-state index contributed by atoms with van der Waals surface area (Å²) in [4.78, 5) is 0. The Morgan fingerprint density at radius 1 is 1.33 bits per heavy atom. The van der Waals surface area contributed by atoms with E-state index in [1.165, 1.54) is 25.7 Å². The minimum Gasteiger partial charge on any atom is -0.417 e. The van der Waals surface area contributed by atoms with Gasteiger partial charge in [0, 0.05) is 0 Å². The van der Waals surface area contributed by atoms with Gasteiger partial charge in [0.05, 0.1) is 6.10 Å². The summed E-state index contributed by atoms with van der Waals surface area (Å²) in [6.45, 7) is 9.07. The van der Waals surface area contributed by atoms with Gasteiger partial charge >= 0.3 is 0 Å². The van der Waals surface area contributed by atoms with Crippen LogP contribution in [-0.4, -0.2) is 15.9 Å². The van der Waals surface area contributed by atoms with E-state index < -0.39 is 9.76 Å². The second-order valence-electron chi connectivity index (χ2n) is 5.22. The number of halogens is 1. The summed E-state index contributed by atoms with van der Waals surface area (Å²) >= 11 is 2.28. The van der Waals surface area contributed by atoms with Crippen LogP contribution in [0.2, 0.25) is 5.04 Å². The van der Waals surface area contributed by atoms with E-state index in [1.54, 1.807) is 0 Å². The molecule has 1 nitrogen and oxygen atoms in total. The summed E-state index contributed by atoms with van der Waals surface area (Å²) in [5.41, 5.74) is 0. The molecule has 0 rings (SSSR count). The van der Waals surface area contributed by atoms with Crippen molar-refractivity contribution in [3.05, 3.63) is 10.2 Å². The van der Waals surface area contributed by atoms with E-state index in [1.807, 2.05) is 0 Å². The molecule has 0 spiro atoms. The summed E-state index contributed by atoms with van der Waals surface area (Å²) in [5, 5.41) is 0.405. The third-order valence-electron chi connectivity index (χ3n) is 2.11. The maximum atomic E-state index is 6.04. The van der Waals surface area contributed by atoms with Gasteiger partial charge in [0.2, 0.25) is 0 Å². The lowest BCUT2D eigenvalue weighted by molar-refractivity contribution is 0.236. The van der Waals surface area contributed by atoms with E-state index in [9.17, 15) is 0 Å². The smallest absolute Gasteiger partial charge is 0.167 e. The minimum atomic E-state index is -0.407. The second-order valence-corrected chi connectivity index (χ2v) is 8.69. The van der Waals surface area contributed by atoms with Crippen LogP contribution in [0, 0.1) is 0 Å². The average molecular weight is 340 g/mol. The summed E-state index contributed by atoms with van der Waals surface area (Å²) in [5.74, 6) is 0. The Morgan fingerprint density at radius 3 is 2.47 bits per heavy atom. The van der Waals surface area contributed by atoms with Gasteiger partial charge in [-0.1, -0.05) is 75.6 Å². The monoisotopic (exact) mass is 340 g/mol. The quantitative estimate of drug-likeness (QED) is 0.383. The largest absolute Gasteiger partial charge is 0.417 e. The van der Waals surface area contributed by atoms with Crippen molar-refractivity contribution in [2.45, 2.75) is 64.5 Å². The van der Waals surface area contributed by atoms with Crippen molar-refractivity contribution in [1.29, 1.82) is 0 Å². The molecule has 1 unspecified atom stereocenters. The lowest BCUT2D eigenvalue weighted by Crippen LogP contribution is -2.19. The first kappa shape index (κ1) is 15.6. The van der Waals surface area contributed by atoms with Gasteiger partial charge in [-0.15, -0.1) is 0 Å². The molecule has 90 valence electrons. The molecule has 0 amide bonds. The van der Waals surface area contributed by atoms with Crippen LogP contribution in [0.15, 0.2) is 10.2 Å². The van der Waals surface area contributed by atoms with Crippen LogP contribution in [0.5, 0.6) is 0 Å². The molecule has 3 heteroatoms. The fraction of sp³-hybridized carbons (Fsp3) is 0.833. The first-order valence-electron chi connectivity index (χ1n) is 5.88. The van der Waals surface area contributed by atoms with E-state index in [0.29, 0.717) is 11.1 Å². The first-order chi connectivity index (χ1) is 6.99. The van der Waals surface area contributed by atoms with Crippen LogP contribution in [0.25, 0.3) is 0 Å². The molecule has 0 N–H and O–H groups in total. The third kappa shape index (κ3) is 10.9. The van der Waals surface area contributed by atoms with Crippen molar-refractivity contribution in [2.75, 3.05) is 0 Å². The number of rotatable bonds is 7. The van der Waals surface area contributed by atoms with Gasteiger partial charge in [0.1, 0.15) is 0 Å². The van der Waals surface area contributed by atoms with Crippen LogP contribution >= 0.6 is 22.6 Å². The van der Waals surface area contributed by atoms with E-state index >= 15 is 0 Å². The molecule has 0 saturated heterocycles. The summed E-state index contributed by atoms with van der Waals surface area (Å²) in [6, 6.07) is 0. The molecular weight excluding hydrogens is 315 g/mol. The van der Waals surface area contributed by atoms with Crippen LogP contribution in [0.1, 0.15) is 53.4 Å². The van der Waals surface area contributed by atoms with Crippen molar-refractivity contribution in [2.24, 2.45) is 0 Å². The Balaban J connectivity index is 3.83. The molecule has 0 aliphatic heterocycles. The van der Waals surface area contributed by atoms with Crippen molar-refractivity contribution >= 4 is 32.4 Å². The molecule has 0 radical (unpaired) electrons. The number of hydrogen-bond donors (Lipinski definition) is 0. The molecule has 0 fully saturated rings. The molecular formula is C12H25IOSi. The van der Waals surface area contributed by atoms with Gasteiger partial charge in [-0.2, -0.15) is 0 Å². The molecule has 0 saturated carbocycles. The molecule has 0 aromatic carbocycles. The topological polar surface area (TPSA) is 9.23 Å². The normalized spacial score (nSPS) is 15.5. The second kappa shape index (κ2) is 8.76. The molecule has 0 aliphatic rings. The van der Waals surface area contributed by atoms with Gasteiger partial charge in [-0.05, 0) is 15.5 Å². The maximum Gasteiger partial charge on any atom is 0.167 e. The molecule has 15 heavy (non-hydrogen) atoms. The SMILES string of the molecule is CCCCCC(C=CI)O[SiH2]C(C)(C)C. The Bertz CT molecular complexity index is 175. The molecule has 0 aromatic rings. The fourth-order valence-electron chi connectivity index (χ4n) is 1.27. The first-order valence-corrected chi connectivity index (χ1v) is 8.41. The Kier molecular flexibility index (Phi) is 9.14. The lowest BCUT2D eigenvalue weighted by atomic mass is 10.1. The van der Waals surface area contributed by atoms with Gasteiger partial charge < -0.3 is 4.43 Å². The van der Waals surface area contributed by atoms with Crippen LogP contribution in [-0.2, 0) is 4.43 Å². The fourth-order valence-corrected chi connectivity index (χ4v) is 2.72. The predicted octanol–water partition coefficient (Wildman–Crippen LogP) is 4.20. The van der Waals surface area contributed by atoms with E-state index in [-0.39, 0.29) is 0 Å². The number of hydrogen-bond acceptors (Lipinski definition) is 1. The molecule has 0 aromatic heterocycles. The molecule has 1 atom stereocenters. The Labute approximate surface area is 111 Å². The van der Waals surface area contributed by atoms with Crippen LogP contribution < -0.4 is 0 Å². The van der Waals surface area contributed by atoms with E-state index in [0.717, 1.165) is 0 Å². The third-order valence-corrected chi connectivity index (χ3v) is 3.99. The zero-order valence-electron chi connectivity index (χ0n) is 10.6. The van der Waals surface area contributed by atoms with Crippen molar-refractivity contribution < 1.29 is 4.43 Å². The van der Waals surface area contributed by atoms with Gasteiger partial charge in [-0.3, -0.25) is 0 Å². The van der Waals surface area contributed by atoms with Crippen LogP contribution in [0.3, 0.4) is 0 Å². The highest BCUT2D eigenvalue weighted by molar-refractivity contribution is 14.1. The summed E-state index contributed by atoms with van der Waals surface area (Å²) in [7, 11) is -0.407. The van der Waals surface area contributed by atoms with E-state index in [2.05, 4.69) is 60.4 Å². The van der Waals surface area contributed by atoms with Crippen molar-refractivity contribution in [1.82, 2.24) is 0 Å². The zero-order valence-corrected chi connectivity index (χ0v) is 14.1. The average Bonchev–Trinajstić information content (AvgIpc) is 2.13. The standard InChI is InChI=1S/C12H25IOSi/c1-5-6-7-8-11(9-10-13)14-15-12(2,3)4/h9-11H,5-8,15H2,1-4H3. The molecule has 0 aliphatic carbocycles. The van der Waals surface area contributed by atoms with Gasteiger partial charge in [-0.25, -0.2) is 0 Å². The molecule has 0 bridgehead atoms. The Morgan fingerprint density at radius 2 is 2.00 bits per heavy atom. The van der Waals surface area contributed by atoms with Gasteiger partial charge in [0.15, 0.2) is 9.76 Å². The minimum absolute atomic E-state index is 0.374. The van der Waals surface area contributed by atoms with Crippen molar-refractivity contribution in [3.63, 3.8) is 0 Å². The highest BCUT2D eigenvalue weighted by Gasteiger charge is 2.14.